The molecule has 1 heterocycles. The molecule has 2 rings (SSSR count). The summed E-state index contributed by atoms with van der Waals surface area (Å²) in [5.41, 5.74) is 1.67. The van der Waals surface area contributed by atoms with Crippen LogP contribution in [-0.4, -0.2) is 5.78 Å². The number of hydrogen-bond acceptors (Lipinski definition) is 2. The molecule has 16 heavy (non-hydrogen) atoms. The molecule has 0 aliphatic heterocycles. The van der Waals surface area contributed by atoms with Crippen LogP contribution in [0.3, 0.4) is 0 Å². The highest BCUT2D eigenvalue weighted by atomic mass is 35.5. The van der Waals surface area contributed by atoms with Gasteiger partial charge in [0.05, 0.1) is 5.02 Å². The quantitative estimate of drug-likeness (QED) is 0.749. The normalized spacial score (nSPS) is 10.4. The van der Waals surface area contributed by atoms with Crippen molar-refractivity contribution < 1.29 is 4.79 Å². The number of thiophene rings is 1. The van der Waals surface area contributed by atoms with E-state index in [-0.39, 0.29) is 5.78 Å². The summed E-state index contributed by atoms with van der Waals surface area (Å²) in [5, 5.41) is 2.51. The van der Waals surface area contributed by atoms with Gasteiger partial charge in [0.2, 0.25) is 0 Å². The van der Waals surface area contributed by atoms with E-state index in [1.807, 2.05) is 36.6 Å². The van der Waals surface area contributed by atoms with Crippen molar-refractivity contribution in [2.45, 2.75) is 13.3 Å². The molecule has 2 aromatic rings. The number of ketones is 1. The van der Waals surface area contributed by atoms with Gasteiger partial charge in [0.15, 0.2) is 5.78 Å². The number of benzene rings is 1. The number of Topliss-reactive ketones (excluding diaryl/α,β-unsaturated/α-hetero) is 1. The third kappa shape index (κ3) is 2.52. The van der Waals surface area contributed by atoms with E-state index in [9.17, 15) is 4.79 Å². The fourth-order valence-corrected chi connectivity index (χ4v) is 2.45. The van der Waals surface area contributed by atoms with E-state index in [1.165, 1.54) is 0 Å². The van der Waals surface area contributed by atoms with Crippen molar-refractivity contribution in [2.75, 3.05) is 0 Å². The zero-order valence-corrected chi connectivity index (χ0v) is 10.4. The van der Waals surface area contributed by atoms with Gasteiger partial charge in [-0.25, -0.2) is 0 Å². The molecule has 1 aromatic carbocycles. The predicted molar refractivity (Wildman–Crippen MR) is 68.5 cm³/mol. The van der Waals surface area contributed by atoms with Gasteiger partial charge >= 0.3 is 0 Å². The number of carbonyl (C=O) groups is 1. The molecule has 0 N–H and O–H groups in total. The van der Waals surface area contributed by atoms with Crippen LogP contribution in [-0.2, 0) is 6.42 Å². The summed E-state index contributed by atoms with van der Waals surface area (Å²) in [7, 11) is 0. The van der Waals surface area contributed by atoms with Gasteiger partial charge in [0, 0.05) is 16.9 Å². The number of rotatable bonds is 3. The van der Waals surface area contributed by atoms with E-state index in [4.69, 9.17) is 11.6 Å². The Kier molecular flexibility index (Phi) is 3.42. The van der Waals surface area contributed by atoms with Gasteiger partial charge in [-0.2, -0.15) is 0 Å². The Morgan fingerprint density at radius 1 is 1.38 bits per heavy atom. The molecule has 1 aromatic heterocycles. The van der Waals surface area contributed by atoms with Crippen LogP contribution in [0.4, 0.5) is 0 Å². The second-order valence-electron chi connectivity index (χ2n) is 3.66. The summed E-state index contributed by atoms with van der Waals surface area (Å²) < 4.78 is 0. The molecular formula is C13H11ClOS. The average molecular weight is 251 g/mol. The standard InChI is InChI=1S/C13H11ClOS/c1-9-4-5-12(14)11(7-9)13(15)8-10-3-2-6-16-10/h2-7H,8H2,1H3. The lowest BCUT2D eigenvalue weighted by Gasteiger charge is -2.03. The Morgan fingerprint density at radius 2 is 2.19 bits per heavy atom. The van der Waals surface area contributed by atoms with E-state index in [0.717, 1.165) is 10.4 Å². The minimum Gasteiger partial charge on any atom is -0.294 e. The Morgan fingerprint density at radius 3 is 2.88 bits per heavy atom. The monoisotopic (exact) mass is 250 g/mol. The van der Waals surface area contributed by atoms with E-state index in [0.29, 0.717) is 17.0 Å². The molecule has 0 bridgehead atoms. The molecule has 1 nitrogen and oxygen atoms in total. The number of halogens is 1. The van der Waals surface area contributed by atoms with Crippen molar-refractivity contribution in [3.63, 3.8) is 0 Å². The smallest absolute Gasteiger partial charge is 0.169 e. The lowest BCUT2D eigenvalue weighted by atomic mass is 10.1. The summed E-state index contributed by atoms with van der Waals surface area (Å²) in [6.45, 7) is 1.96. The van der Waals surface area contributed by atoms with Gasteiger partial charge in [0.25, 0.3) is 0 Å². The van der Waals surface area contributed by atoms with Crippen molar-refractivity contribution in [3.05, 3.63) is 56.7 Å². The Balaban J connectivity index is 2.24. The molecule has 0 saturated heterocycles. The topological polar surface area (TPSA) is 17.1 Å². The first kappa shape index (κ1) is 11.4. The number of carbonyl (C=O) groups excluding carboxylic acids is 1. The van der Waals surface area contributed by atoms with E-state index < -0.39 is 0 Å². The first-order chi connectivity index (χ1) is 7.66. The third-order valence-electron chi connectivity index (χ3n) is 2.34. The Hall–Kier alpha value is -1.12. The number of hydrogen-bond donors (Lipinski definition) is 0. The van der Waals surface area contributed by atoms with Crippen molar-refractivity contribution in [1.82, 2.24) is 0 Å². The molecule has 0 aliphatic carbocycles. The highest BCUT2D eigenvalue weighted by Crippen LogP contribution is 2.20. The zero-order chi connectivity index (χ0) is 11.5. The molecule has 0 aliphatic rings. The van der Waals surface area contributed by atoms with Gasteiger partial charge in [-0.1, -0.05) is 29.3 Å². The molecule has 0 radical (unpaired) electrons. The van der Waals surface area contributed by atoms with Crippen molar-refractivity contribution in [1.29, 1.82) is 0 Å². The molecule has 0 spiro atoms. The molecular weight excluding hydrogens is 240 g/mol. The van der Waals surface area contributed by atoms with Crippen LogP contribution in [0.2, 0.25) is 5.02 Å². The highest BCUT2D eigenvalue weighted by Gasteiger charge is 2.11. The Labute approximate surface area is 104 Å². The van der Waals surface area contributed by atoms with Crippen molar-refractivity contribution >= 4 is 28.7 Å². The van der Waals surface area contributed by atoms with Gasteiger partial charge < -0.3 is 0 Å². The summed E-state index contributed by atoms with van der Waals surface area (Å²) in [5.74, 6) is 0.0798. The summed E-state index contributed by atoms with van der Waals surface area (Å²) in [6.07, 6.45) is 0.431. The van der Waals surface area contributed by atoms with E-state index in [1.54, 1.807) is 17.4 Å². The molecule has 0 atom stereocenters. The van der Waals surface area contributed by atoms with Crippen LogP contribution in [0.15, 0.2) is 35.7 Å². The average Bonchev–Trinajstić information content (AvgIpc) is 2.74. The van der Waals surface area contributed by atoms with Crippen molar-refractivity contribution in [3.8, 4) is 0 Å². The first-order valence-corrected chi connectivity index (χ1v) is 6.24. The molecule has 0 unspecified atom stereocenters. The predicted octanol–water partition coefficient (Wildman–Crippen LogP) is 4.14. The highest BCUT2D eigenvalue weighted by molar-refractivity contribution is 7.10. The minimum atomic E-state index is 0.0798. The Bertz CT molecular complexity index is 503. The lowest BCUT2D eigenvalue weighted by molar-refractivity contribution is 0.0994. The second kappa shape index (κ2) is 4.81. The van der Waals surface area contributed by atoms with Crippen molar-refractivity contribution in [2.24, 2.45) is 0 Å². The maximum atomic E-state index is 12.0. The van der Waals surface area contributed by atoms with E-state index >= 15 is 0 Å². The molecule has 0 saturated carbocycles. The van der Waals surface area contributed by atoms with Crippen LogP contribution in [0.5, 0.6) is 0 Å². The van der Waals surface area contributed by atoms with Crippen LogP contribution >= 0.6 is 22.9 Å². The zero-order valence-electron chi connectivity index (χ0n) is 8.87. The lowest BCUT2D eigenvalue weighted by Crippen LogP contribution is -2.03. The summed E-state index contributed by atoms with van der Waals surface area (Å²) >= 11 is 7.61. The first-order valence-electron chi connectivity index (χ1n) is 4.98. The second-order valence-corrected chi connectivity index (χ2v) is 5.10. The number of aryl methyl sites for hydroxylation is 1. The summed E-state index contributed by atoms with van der Waals surface area (Å²) in [4.78, 5) is 13.1. The molecule has 82 valence electrons. The molecule has 0 fully saturated rings. The molecule has 0 amide bonds. The van der Waals surface area contributed by atoms with Crippen LogP contribution in [0, 0.1) is 6.92 Å². The van der Waals surface area contributed by atoms with Crippen LogP contribution in [0.25, 0.3) is 0 Å². The van der Waals surface area contributed by atoms with Gasteiger partial charge in [-0.05, 0) is 30.5 Å². The SMILES string of the molecule is Cc1ccc(Cl)c(C(=O)Cc2cccs2)c1. The maximum Gasteiger partial charge on any atom is 0.169 e. The summed E-state index contributed by atoms with van der Waals surface area (Å²) in [6, 6.07) is 9.44. The van der Waals surface area contributed by atoms with E-state index in [2.05, 4.69) is 0 Å². The van der Waals surface area contributed by atoms with Gasteiger partial charge in [0.1, 0.15) is 0 Å². The minimum absolute atomic E-state index is 0.0798. The third-order valence-corrected chi connectivity index (χ3v) is 3.54. The fourth-order valence-electron chi connectivity index (χ4n) is 1.52. The maximum absolute atomic E-state index is 12.0. The largest absolute Gasteiger partial charge is 0.294 e. The van der Waals surface area contributed by atoms with Gasteiger partial charge in [-0.15, -0.1) is 11.3 Å². The van der Waals surface area contributed by atoms with Gasteiger partial charge in [-0.3, -0.25) is 4.79 Å². The fraction of sp³-hybridized carbons (Fsp3) is 0.154. The van der Waals surface area contributed by atoms with Crippen LogP contribution in [0.1, 0.15) is 20.8 Å². The van der Waals surface area contributed by atoms with Crippen LogP contribution < -0.4 is 0 Å². The molecule has 3 heteroatoms.